The molecule has 2 heterocycles. The first-order valence-corrected chi connectivity index (χ1v) is 7.36. The minimum absolute atomic E-state index is 0.497. The third-order valence-electron chi connectivity index (χ3n) is 3.67. The van der Waals surface area contributed by atoms with Gasteiger partial charge in [-0.05, 0) is 30.8 Å². The fraction of sp³-hybridized carbons (Fsp3) is 0.917. The van der Waals surface area contributed by atoms with Crippen molar-refractivity contribution in [1.82, 2.24) is 4.90 Å². The van der Waals surface area contributed by atoms with E-state index in [1.165, 1.54) is 25.1 Å². The maximum Gasteiger partial charge on any atom is 0.136 e. The molecule has 0 aromatic rings. The molecule has 0 amide bonds. The first-order chi connectivity index (χ1) is 7.20. The zero-order chi connectivity index (χ0) is 10.8. The van der Waals surface area contributed by atoms with Crippen LogP contribution in [0.4, 0.5) is 0 Å². The molecule has 2 rings (SSSR count). The Morgan fingerprint density at radius 2 is 2.00 bits per heavy atom. The van der Waals surface area contributed by atoms with E-state index >= 15 is 0 Å². The van der Waals surface area contributed by atoms with Crippen molar-refractivity contribution in [3.63, 3.8) is 0 Å². The van der Waals surface area contributed by atoms with E-state index in [1.54, 1.807) is 0 Å². The summed E-state index contributed by atoms with van der Waals surface area (Å²) in [5, 5.41) is 0. The van der Waals surface area contributed by atoms with Crippen LogP contribution in [0.1, 0.15) is 32.6 Å². The van der Waals surface area contributed by atoms with Crippen LogP contribution in [0.25, 0.3) is 0 Å². The van der Waals surface area contributed by atoms with E-state index in [-0.39, 0.29) is 0 Å². The topological polar surface area (TPSA) is 20.3 Å². The summed E-state index contributed by atoms with van der Waals surface area (Å²) in [4.78, 5) is 14.1. The molecule has 0 aliphatic carbocycles. The lowest BCUT2D eigenvalue weighted by Gasteiger charge is -2.35. The number of thioether (sulfide) groups is 1. The Morgan fingerprint density at radius 1 is 1.40 bits per heavy atom. The molecule has 3 unspecified atom stereocenters. The highest BCUT2D eigenvalue weighted by molar-refractivity contribution is 7.98. The van der Waals surface area contributed by atoms with Crippen molar-refractivity contribution in [2.24, 2.45) is 5.92 Å². The highest BCUT2D eigenvalue weighted by atomic mass is 32.2. The van der Waals surface area contributed by atoms with E-state index in [0.717, 1.165) is 18.8 Å². The van der Waals surface area contributed by atoms with Gasteiger partial charge in [-0.1, -0.05) is 6.92 Å². The van der Waals surface area contributed by atoms with Crippen LogP contribution in [0.2, 0.25) is 0 Å². The number of nitrogens with zero attached hydrogens (tertiary/aromatic N) is 1. The zero-order valence-electron chi connectivity index (χ0n) is 9.74. The molecule has 2 saturated heterocycles. The summed E-state index contributed by atoms with van der Waals surface area (Å²) >= 11 is 1.93. The Labute approximate surface area is 96.8 Å². The van der Waals surface area contributed by atoms with Gasteiger partial charge in [-0.3, -0.25) is 9.69 Å². The summed E-state index contributed by atoms with van der Waals surface area (Å²) in [6.45, 7) is 3.52. The van der Waals surface area contributed by atoms with Gasteiger partial charge in [-0.25, -0.2) is 0 Å². The molecule has 2 fully saturated rings. The highest BCUT2D eigenvalue weighted by Gasteiger charge is 2.40. The number of carbonyl (C=O) groups excluding carboxylic acids is 1. The summed E-state index contributed by atoms with van der Waals surface area (Å²) < 4.78 is 0. The molecular weight excluding hydrogens is 206 g/mol. The lowest BCUT2D eigenvalue weighted by molar-refractivity contribution is -0.123. The molecule has 2 bridgehead atoms. The minimum atomic E-state index is 0.497. The van der Waals surface area contributed by atoms with E-state index < -0.39 is 0 Å². The predicted octanol–water partition coefficient (Wildman–Crippen LogP) is 2.18. The summed E-state index contributed by atoms with van der Waals surface area (Å²) in [6.07, 6.45) is 6.32. The van der Waals surface area contributed by atoms with Crippen LogP contribution >= 0.6 is 11.8 Å². The van der Waals surface area contributed by atoms with Gasteiger partial charge in [0.2, 0.25) is 0 Å². The predicted molar refractivity (Wildman–Crippen MR) is 65.3 cm³/mol. The number of piperidine rings is 1. The molecule has 0 aromatic heterocycles. The monoisotopic (exact) mass is 227 g/mol. The second kappa shape index (κ2) is 4.88. The second-order valence-corrected chi connectivity index (χ2v) is 6.00. The maximum absolute atomic E-state index is 11.5. The number of fused-ring (bicyclic) bond motifs is 2. The largest absolute Gasteiger partial charge is 0.300 e. The van der Waals surface area contributed by atoms with Crippen molar-refractivity contribution in [1.29, 1.82) is 0 Å². The fourth-order valence-corrected chi connectivity index (χ4v) is 3.73. The molecule has 2 nitrogen and oxygen atoms in total. The zero-order valence-corrected chi connectivity index (χ0v) is 10.6. The lowest BCUT2D eigenvalue weighted by Crippen LogP contribution is -2.45. The van der Waals surface area contributed by atoms with Crippen molar-refractivity contribution in [3.8, 4) is 0 Å². The van der Waals surface area contributed by atoms with Gasteiger partial charge in [-0.15, -0.1) is 0 Å². The van der Waals surface area contributed by atoms with Crippen LogP contribution in [-0.2, 0) is 4.79 Å². The van der Waals surface area contributed by atoms with Crippen molar-refractivity contribution in [2.75, 3.05) is 18.6 Å². The van der Waals surface area contributed by atoms with Gasteiger partial charge < -0.3 is 0 Å². The Bertz CT molecular complexity index is 228. The van der Waals surface area contributed by atoms with Crippen LogP contribution in [0.15, 0.2) is 0 Å². The molecule has 3 atom stereocenters. The first-order valence-electron chi connectivity index (χ1n) is 5.97. The van der Waals surface area contributed by atoms with Crippen molar-refractivity contribution >= 4 is 17.5 Å². The fourth-order valence-electron chi connectivity index (χ4n) is 3.06. The maximum atomic E-state index is 11.5. The van der Waals surface area contributed by atoms with E-state index in [0.29, 0.717) is 17.9 Å². The van der Waals surface area contributed by atoms with E-state index in [2.05, 4.69) is 18.1 Å². The van der Waals surface area contributed by atoms with Gasteiger partial charge in [0.1, 0.15) is 5.78 Å². The standard InChI is InChI=1S/C12H21NOS/c1-9(8-15-2)7-13-10-3-4-11(13)6-12(14)5-10/h9-11H,3-8H2,1-2H3. The molecule has 2 aliphatic heterocycles. The normalized spacial score (nSPS) is 33.3. The number of carbonyl (C=O) groups is 1. The number of hydrogen-bond donors (Lipinski definition) is 0. The summed E-state index contributed by atoms with van der Waals surface area (Å²) in [5.74, 6) is 2.50. The lowest BCUT2D eigenvalue weighted by atomic mass is 10.00. The van der Waals surface area contributed by atoms with Gasteiger partial charge in [0, 0.05) is 31.5 Å². The Hall–Kier alpha value is -0.0200. The molecule has 0 spiro atoms. The first kappa shape index (κ1) is 11.5. The molecule has 0 aromatic carbocycles. The van der Waals surface area contributed by atoms with Crippen molar-refractivity contribution < 1.29 is 4.79 Å². The van der Waals surface area contributed by atoms with Crippen LogP contribution in [0.5, 0.6) is 0 Å². The van der Waals surface area contributed by atoms with Crippen LogP contribution in [-0.4, -0.2) is 41.3 Å². The Kier molecular flexibility index (Phi) is 3.73. The quantitative estimate of drug-likeness (QED) is 0.734. The molecule has 2 aliphatic rings. The Morgan fingerprint density at radius 3 is 2.53 bits per heavy atom. The van der Waals surface area contributed by atoms with Crippen molar-refractivity contribution in [3.05, 3.63) is 0 Å². The average molecular weight is 227 g/mol. The average Bonchev–Trinajstić information content (AvgIpc) is 2.44. The molecule has 0 radical (unpaired) electrons. The van der Waals surface area contributed by atoms with E-state index in [4.69, 9.17) is 0 Å². The summed E-state index contributed by atoms with van der Waals surface area (Å²) in [7, 11) is 0. The molecular formula is C12H21NOS. The molecule has 3 heteroatoms. The van der Waals surface area contributed by atoms with Gasteiger partial charge >= 0.3 is 0 Å². The third-order valence-corrected chi connectivity index (χ3v) is 4.57. The van der Waals surface area contributed by atoms with Gasteiger partial charge in [0.05, 0.1) is 0 Å². The number of rotatable bonds is 4. The third kappa shape index (κ3) is 2.56. The molecule has 0 N–H and O–H groups in total. The smallest absolute Gasteiger partial charge is 0.136 e. The number of Topliss-reactive ketones (excluding diaryl/α,β-unsaturated/α-hetero) is 1. The van der Waals surface area contributed by atoms with Gasteiger partial charge in [0.15, 0.2) is 0 Å². The van der Waals surface area contributed by atoms with E-state index in [9.17, 15) is 4.79 Å². The highest BCUT2D eigenvalue weighted by Crippen LogP contribution is 2.34. The summed E-state index contributed by atoms with van der Waals surface area (Å²) in [6, 6.07) is 1.17. The van der Waals surface area contributed by atoms with Crippen LogP contribution < -0.4 is 0 Å². The number of ketones is 1. The van der Waals surface area contributed by atoms with Gasteiger partial charge in [0.25, 0.3) is 0 Å². The Balaban J connectivity index is 1.90. The molecule has 15 heavy (non-hydrogen) atoms. The van der Waals surface area contributed by atoms with E-state index in [1.807, 2.05) is 11.8 Å². The molecule has 86 valence electrons. The van der Waals surface area contributed by atoms with Crippen LogP contribution in [0, 0.1) is 5.92 Å². The summed E-state index contributed by atoms with van der Waals surface area (Å²) in [5.41, 5.74) is 0. The molecule has 0 saturated carbocycles. The van der Waals surface area contributed by atoms with Crippen molar-refractivity contribution in [2.45, 2.75) is 44.7 Å². The van der Waals surface area contributed by atoms with Crippen LogP contribution in [0.3, 0.4) is 0 Å². The second-order valence-electron chi connectivity index (χ2n) is 5.09. The minimum Gasteiger partial charge on any atom is -0.300 e. The number of hydrogen-bond acceptors (Lipinski definition) is 3. The van der Waals surface area contributed by atoms with Gasteiger partial charge in [-0.2, -0.15) is 11.8 Å². The SMILES string of the molecule is CSCC(C)CN1C2CCC1CC(=O)C2.